The van der Waals surface area contributed by atoms with E-state index in [2.05, 4.69) is 42.3 Å². The van der Waals surface area contributed by atoms with Crippen molar-refractivity contribution in [3.05, 3.63) is 94.0 Å². The molecule has 38 heavy (non-hydrogen) atoms. The largest absolute Gasteiger partial charge is 0.383 e. The number of fused-ring (bicyclic) bond motifs is 2. The van der Waals surface area contributed by atoms with Crippen LogP contribution in [-0.2, 0) is 6.42 Å². The Bertz CT molecular complexity index is 1690. The first kappa shape index (κ1) is 24.1. The van der Waals surface area contributed by atoms with Gasteiger partial charge in [-0.2, -0.15) is 0 Å². The Morgan fingerprint density at radius 2 is 1.97 bits per heavy atom. The molecule has 0 fully saturated rings. The minimum atomic E-state index is -2.68. The molecule has 0 aliphatic heterocycles. The number of alkyl halides is 2. The number of carbonyl (C=O) groups is 1. The number of halogens is 3. The van der Waals surface area contributed by atoms with E-state index < -0.39 is 6.43 Å². The predicted octanol–water partition coefficient (Wildman–Crippen LogP) is 5.58. The molecule has 5 aromatic rings. The second-order valence-corrected chi connectivity index (χ2v) is 9.72. The SMILES string of the molecule is Nc1ncccc1-c1nc2ccc(Br)nc2n1-c1ccc2c(c1)CC[C@@H]2NC(=O)c1ccc(C(F)F)nc1. The van der Waals surface area contributed by atoms with Crippen LogP contribution in [0.4, 0.5) is 14.6 Å². The molecule has 4 aromatic heterocycles. The number of nitrogens with one attached hydrogen (secondary N) is 1. The molecular weight excluding hydrogens is 556 g/mol. The number of imidazole rings is 1. The van der Waals surface area contributed by atoms with E-state index in [9.17, 15) is 13.6 Å². The number of aryl methyl sites for hydroxylation is 1. The van der Waals surface area contributed by atoms with Gasteiger partial charge in [0.25, 0.3) is 12.3 Å². The van der Waals surface area contributed by atoms with Crippen LogP contribution in [0.15, 0.2) is 71.6 Å². The molecule has 190 valence electrons. The smallest absolute Gasteiger partial charge is 0.280 e. The highest BCUT2D eigenvalue weighted by Crippen LogP contribution is 2.36. The molecule has 0 radical (unpaired) electrons. The fraction of sp³-hybridized carbons (Fsp3) is 0.148. The first-order chi connectivity index (χ1) is 18.4. The van der Waals surface area contributed by atoms with Gasteiger partial charge >= 0.3 is 0 Å². The molecule has 8 nitrogen and oxygen atoms in total. The second-order valence-electron chi connectivity index (χ2n) is 8.90. The first-order valence-electron chi connectivity index (χ1n) is 11.8. The maximum Gasteiger partial charge on any atom is 0.280 e. The van der Waals surface area contributed by atoms with E-state index in [0.29, 0.717) is 39.4 Å². The molecule has 11 heteroatoms. The Morgan fingerprint density at radius 1 is 1.11 bits per heavy atom. The Balaban J connectivity index is 1.35. The van der Waals surface area contributed by atoms with Crippen molar-refractivity contribution in [2.24, 2.45) is 0 Å². The van der Waals surface area contributed by atoms with Crippen LogP contribution < -0.4 is 11.1 Å². The Labute approximate surface area is 224 Å². The lowest BCUT2D eigenvalue weighted by Crippen LogP contribution is -2.27. The number of nitrogens with zero attached hydrogens (tertiary/aromatic N) is 5. The molecule has 1 amide bonds. The molecule has 1 aliphatic rings. The van der Waals surface area contributed by atoms with Gasteiger partial charge in [-0.1, -0.05) is 6.07 Å². The number of nitrogen functional groups attached to an aromatic ring is 1. The minimum Gasteiger partial charge on any atom is -0.383 e. The van der Waals surface area contributed by atoms with Crippen molar-refractivity contribution in [1.29, 1.82) is 0 Å². The lowest BCUT2D eigenvalue weighted by molar-refractivity contribution is 0.0935. The zero-order chi connectivity index (χ0) is 26.4. The normalized spacial score (nSPS) is 14.7. The van der Waals surface area contributed by atoms with Gasteiger partial charge in [0.05, 0.1) is 17.2 Å². The molecule has 3 N–H and O–H groups in total. The summed E-state index contributed by atoms with van der Waals surface area (Å²) in [7, 11) is 0. The van der Waals surface area contributed by atoms with Gasteiger partial charge in [-0.3, -0.25) is 14.3 Å². The summed E-state index contributed by atoms with van der Waals surface area (Å²) in [5, 5.41) is 3.01. The van der Waals surface area contributed by atoms with Crippen molar-refractivity contribution in [3.63, 3.8) is 0 Å². The molecular formula is C27H20BrF2N7O. The molecule has 0 saturated heterocycles. The maximum atomic E-state index is 12.8. The first-order valence-corrected chi connectivity index (χ1v) is 12.6. The van der Waals surface area contributed by atoms with Crippen LogP contribution >= 0.6 is 15.9 Å². The number of aromatic nitrogens is 5. The van der Waals surface area contributed by atoms with E-state index in [0.717, 1.165) is 23.2 Å². The Morgan fingerprint density at radius 3 is 2.74 bits per heavy atom. The molecule has 1 atom stereocenters. The summed E-state index contributed by atoms with van der Waals surface area (Å²) in [4.78, 5) is 30.2. The van der Waals surface area contributed by atoms with Crippen molar-refractivity contribution in [3.8, 4) is 17.1 Å². The van der Waals surface area contributed by atoms with Gasteiger partial charge in [0.15, 0.2) is 11.5 Å². The maximum absolute atomic E-state index is 12.8. The Hall–Kier alpha value is -4.25. The molecule has 0 spiro atoms. The summed E-state index contributed by atoms with van der Waals surface area (Å²) in [5.74, 6) is 0.631. The van der Waals surface area contributed by atoms with Gasteiger partial charge in [-0.15, -0.1) is 0 Å². The summed E-state index contributed by atoms with van der Waals surface area (Å²) < 4.78 is 28.2. The fourth-order valence-corrected chi connectivity index (χ4v) is 5.07. The zero-order valence-electron chi connectivity index (χ0n) is 19.8. The monoisotopic (exact) mass is 575 g/mol. The number of benzene rings is 1. The van der Waals surface area contributed by atoms with Crippen LogP contribution in [0, 0.1) is 0 Å². The average Bonchev–Trinajstić information content (AvgIpc) is 3.49. The van der Waals surface area contributed by atoms with E-state index in [4.69, 9.17) is 10.7 Å². The summed E-state index contributed by atoms with van der Waals surface area (Å²) in [5.41, 5.74) is 11.1. The van der Waals surface area contributed by atoms with Crippen LogP contribution in [0.1, 0.15) is 46.1 Å². The molecule has 0 unspecified atom stereocenters. The molecule has 1 aliphatic carbocycles. The molecule has 0 bridgehead atoms. The van der Waals surface area contributed by atoms with Crippen molar-refractivity contribution in [2.75, 3.05) is 5.73 Å². The molecule has 6 rings (SSSR count). The van der Waals surface area contributed by atoms with Crippen molar-refractivity contribution >= 4 is 38.8 Å². The number of hydrogen-bond acceptors (Lipinski definition) is 6. The number of hydrogen-bond donors (Lipinski definition) is 2. The van der Waals surface area contributed by atoms with Gasteiger partial charge in [0.2, 0.25) is 0 Å². The van der Waals surface area contributed by atoms with Crippen molar-refractivity contribution in [2.45, 2.75) is 25.3 Å². The lowest BCUT2D eigenvalue weighted by Gasteiger charge is -2.16. The zero-order valence-corrected chi connectivity index (χ0v) is 21.4. The number of carbonyl (C=O) groups excluding carboxylic acids is 1. The van der Waals surface area contributed by atoms with Crippen LogP contribution in [0.3, 0.4) is 0 Å². The number of nitrogens with two attached hydrogens (primary N) is 1. The highest BCUT2D eigenvalue weighted by Gasteiger charge is 2.26. The minimum absolute atomic E-state index is 0.207. The third-order valence-corrected chi connectivity index (χ3v) is 7.03. The molecule has 0 saturated carbocycles. The average molecular weight is 576 g/mol. The van der Waals surface area contributed by atoms with Gasteiger partial charge in [0, 0.05) is 18.1 Å². The van der Waals surface area contributed by atoms with Crippen LogP contribution in [0.5, 0.6) is 0 Å². The van der Waals surface area contributed by atoms with E-state index in [1.807, 2.05) is 41.0 Å². The quantitative estimate of drug-likeness (QED) is 0.265. The van der Waals surface area contributed by atoms with E-state index >= 15 is 0 Å². The number of anilines is 1. The summed E-state index contributed by atoms with van der Waals surface area (Å²) in [6.07, 6.45) is 1.60. The molecule has 4 heterocycles. The summed E-state index contributed by atoms with van der Waals surface area (Å²) in [6.45, 7) is 0. The van der Waals surface area contributed by atoms with E-state index in [1.54, 1.807) is 6.20 Å². The fourth-order valence-electron chi connectivity index (χ4n) is 4.77. The van der Waals surface area contributed by atoms with Crippen LogP contribution in [-0.4, -0.2) is 30.4 Å². The lowest BCUT2D eigenvalue weighted by atomic mass is 10.1. The topological polar surface area (TPSA) is 112 Å². The van der Waals surface area contributed by atoms with E-state index in [-0.39, 0.29) is 23.2 Å². The molecule has 1 aromatic carbocycles. The number of rotatable bonds is 5. The third kappa shape index (κ3) is 4.28. The van der Waals surface area contributed by atoms with E-state index in [1.165, 1.54) is 18.3 Å². The van der Waals surface area contributed by atoms with Gasteiger partial charge in [-0.05, 0) is 88.4 Å². The summed E-state index contributed by atoms with van der Waals surface area (Å²) >= 11 is 3.46. The highest BCUT2D eigenvalue weighted by molar-refractivity contribution is 9.10. The number of pyridine rings is 3. The van der Waals surface area contributed by atoms with Gasteiger partial charge < -0.3 is 11.1 Å². The van der Waals surface area contributed by atoms with Gasteiger partial charge in [-0.25, -0.2) is 23.7 Å². The van der Waals surface area contributed by atoms with Crippen molar-refractivity contribution < 1.29 is 13.6 Å². The van der Waals surface area contributed by atoms with Crippen molar-refractivity contribution in [1.82, 2.24) is 29.8 Å². The Kier molecular flexibility index (Phi) is 6.07. The predicted molar refractivity (Wildman–Crippen MR) is 142 cm³/mol. The van der Waals surface area contributed by atoms with Crippen LogP contribution in [0.25, 0.3) is 28.2 Å². The second kappa shape index (κ2) is 9.56. The number of amides is 1. The standard InChI is InChI=1S/C27H20BrF2N7O/c28-22-10-9-21-26(36-22)37(25(34-21)18-2-1-11-32-24(18)31)16-5-6-17-14(12-16)3-7-19(17)35-27(38)15-4-8-20(23(29)30)33-13-15/h1-2,4-6,8-13,19,23H,3,7H2,(H2,31,32)(H,35,38)/t19-/m0/s1. The highest BCUT2D eigenvalue weighted by atomic mass is 79.9. The van der Waals surface area contributed by atoms with Gasteiger partial charge in [0.1, 0.15) is 21.6 Å². The third-order valence-electron chi connectivity index (χ3n) is 6.59. The summed E-state index contributed by atoms with van der Waals surface area (Å²) in [6, 6.07) is 15.8. The van der Waals surface area contributed by atoms with Crippen LogP contribution in [0.2, 0.25) is 0 Å².